The van der Waals surface area contributed by atoms with Crippen LogP contribution in [0.15, 0.2) is 48.5 Å². The Hall–Kier alpha value is -1.79. The molecule has 0 unspecified atom stereocenters. The third kappa shape index (κ3) is 4.09. The zero-order chi connectivity index (χ0) is 15.5. The monoisotopic (exact) mass is 330 g/mol. The number of benzene rings is 2. The Morgan fingerprint density at radius 2 is 1.43 bits per heavy atom. The molecule has 0 aliphatic carbocycles. The van der Waals surface area contributed by atoms with Crippen molar-refractivity contribution in [2.24, 2.45) is 0 Å². The van der Waals surface area contributed by atoms with E-state index in [2.05, 4.69) is 10.6 Å². The number of thiocarbonyl (C=S) groups is 1. The minimum Gasteiger partial charge on any atom is -0.332 e. The minimum absolute atomic E-state index is 0.0276. The molecule has 0 radical (unpaired) electrons. The molecule has 2 N–H and O–H groups in total. The molecule has 0 heterocycles. The van der Waals surface area contributed by atoms with E-state index in [1.807, 2.05) is 0 Å². The fraction of sp³-hybridized carbons (Fsp3) is 0.0714. The summed E-state index contributed by atoms with van der Waals surface area (Å²) in [6, 6.07) is 11.9. The van der Waals surface area contributed by atoms with Crippen LogP contribution in [-0.4, -0.2) is 5.11 Å². The minimum atomic E-state index is -4.45. The third-order valence-corrected chi connectivity index (χ3v) is 3.14. The molecule has 0 saturated heterocycles. The summed E-state index contributed by atoms with van der Waals surface area (Å²) in [6.45, 7) is 0. The van der Waals surface area contributed by atoms with Gasteiger partial charge in [-0.25, -0.2) is 0 Å². The van der Waals surface area contributed by atoms with Crippen molar-refractivity contribution in [3.63, 3.8) is 0 Å². The molecule has 0 aliphatic heterocycles. The number of hydrogen-bond acceptors (Lipinski definition) is 1. The summed E-state index contributed by atoms with van der Waals surface area (Å²) in [5.74, 6) is 0. The Balaban J connectivity index is 2.16. The van der Waals surface area contributed by atoms with Crippen molar-refractivity contribution >= 4 is 40.3 Å². The summed E-state index contributed by atoms with van der Waals surface area (Å²) in [5, 5.41) is 5.74. The summed E-state index contributed by atoms with van der Waals surface area (Å²) in [4.78, 5) is 0. The van der Waals surface area contributed by atoms with Gasteiger partial charge in [-0.15, -0.1) is 0 Å². The molecule has 0 atom stereocenters. The van der Waals surface area contributed by atoms with Gasteiger partial charge in [0.25, 0.3) is 0 Å². The normalized spacial score (nSPS) is 11.0. The van der Waals surface area contributed by atoms with E-state index in [-0.39, 0.29) is 10.8 Å². The van der Waals surface area contributed by atoms with Crippen molar-refractivity contribution < 1.29 is 13.2 Å². The van der Waals surface area contributed by atoms with Gasteiger partial charge in [0, 0.05) is 0 Å². The van der Waals surface area contributed by atoms with Crippen molar-refractivity contribution in [2.45, 2.75) is 6.18 Å². The quantitative estimate of drug-likeness (QED) is 0.743. The smallest absolute Gasteiger partial charge is 0.332 e. The van der Waals surface area contributed by atoms with Crippen LogP contribution < -0.4 is 10.6 Å². The first-order valence-electron chi connectivity index (χ1n) is 5.86. The van der Waals surface area contributed by atoms with Crippen molar-refractivity contribution in [2.75, 3.05) is 10.6 Å². The largest absolute Gasteiger partial charge is 0.418 e. The maximum Gasteiger partial charge on any atom is 0.418 e. The molecule has 0 saturated carbocycles. The van der Waals surface area contributed by atoms with Gasteiger partial charge in [0.05, 0.1) is 22.0 Å². The molecule has 0 amide bonds. The van der Waals surface area contributed by atoms with Crippen molar-refractivity contribution in [1.82, 2.24) is 0 Å². The van der Waals surface area contributed by atoms with Crippen LogP contribution in [0.3, 0.4) is 0 Å². The molecular formula is C14H10ClF3N2S. The van der Waals surface area contributed by atoms with Crippen LogP contribution >= 0.6 is 23.8 Å². The zero-order valence-corrected chi connectivity index (χ0v) is 12.1. The van der Waals surface area contributed by atoms with E-state index < -0.39 is 11.7 Å². The predicted molar refractivity (Wildman–Crippen MR) is 82.7 cm³/mol. The highest BCUT2D eigenvalue weighted by molar-refractivity contribution is 7.80. The van der Waals surface area contributed by atoms with E-state index in [1.54, 1.807) is 24.3 Å². The Labute approximate surface area is 129 Å². The van der Waals surface area contributed by atoms with Gasteiger partial charge in [-0.05, 0) is 36.5 Å². The van der Waals surface area contributed by atoms with Gasteiger partial charge in [-0.1, -0.05) is 35.9 Å². The number of para-hydroxylation sites is 2. The number of halogens is 4. The highest BCUT2D eigenvalue weighted by Crippen LogP contribution is 2.34. The summed E-state index contributed by atoms with van der Waals surface area (Å²) in [7, 11) is 0. The highest BCUT2D eigenvalue weighted by Gasteiger charge is 2.33. The molecule has 21 heavy (non-hydrogen) atoms. The van der Waals surface area contributed by atoms with Crippen LogP contribution in [0.1, 0.15) is 5.56 Å². The maximum absolute atomic E-state index is 12.9. The lowest BCUT2D eigenvalue weighted by atomic mass is 10.1. The molecule has 0 aromatic heterocycles. The van der Waals surface area contributed by atoms with Crippen LogP contribution in [0.25, 0.3) is 0 Å². The topological polar surface area (TPSA) is 24.1 Å². The molecule has 2 nitrogen and oxygen atoms in total. The molecule has 2 aromatic carbocycles. The molecular weight excluding hydrogens is 321 g/mol. The van der Waals surface area contributed by atoms with E-state index in [9.17, 15) is 13.2 Å². The molecule has 7 heteroatoms. The average Bonchev–Trinajstić information content (AvgIpc) is 2.41. The first-order chi connectivity index (χ1) is 9.88. The van der Waals surface area contributed by atoms with Gasteiger partial charge in [-0.2, -0.15) is 13.2 Å². The van der Waals surface area contributed by atoms with Gasteiger partial charge >= 0.3 is 6.18 Å². The van der Waals surface area contributed by atoms with Crippen LogP contribution in [0.5, 0.6) is 0 Å². The second-order valence-corrected chi connectivity index (χ2v) is 4.92. The standard InChI is InChI=1S/C14H10ClF3N2S/c15-10-6-2-4-8-12(10)20-13(21)19-11-7-3-1-5-9(11)14(16,17)18/h1-8H,(H2,19,20,21). The molecule has 0 bridgehead atoms. The molecule has 0 aliphatic rings. The van der Waals surface area contributed by atoms with Crippen LogP contribution in [0.4, 0.5) is 24.5 Å². The van der Waals surface area contributed by atoms with E-state index in [0.717, 1.165) is 6.07 Å². The highest BCUT2D eigenvalue weighted by atomic mass is 35.5. The van der Waals surface area contributed by atoms with E-state index in [0.29, 0.717) is 10.7 Å². The van der Waals surface area contributed by atoms with Gasteiger partial charge in [-0.3, -0.25) is 0 Å². The fourth-order valence-corrected chi connectivity index (χ4v) is 2.08. The summed E-state index contributed by atoms with van der Waals surface area (Å²) in [5.41, 5.74) is -0.385. The van der Waals surface area contributed by atoms with Crippen LogP contribution in [-0.2, 0) is 6.18 Å². The number of hydrogen-bond donors (Lipinski definition) is 2. The lowest BCUT2D eigenvalue weighted by molar-refractivity contribution is -0.136. The predicted octanol–water partition coefficient (Wildman–Crippen LogP) is 5.17. The van der Waals surface area contributed by atoms with Gasteiger partial charge in [0.1, 0.15) is 0 Å². The van der Waals surface area contributed by atoms with Gasteiger partial charge in [0.2, 0.25) is 0 Å². The Kier molecular flexibility index (Phi) is 4.69. The molecule has 2 aromatic rings. The van der Waals surface area contributed by atoms with E-state index in [4.69, 9.17) is 23.8 Å². The number of alkyl halides is 3. The second-order valence-electron chi connectivity index (χ2n) is 4.10. The first kappa shape index (κ1) is 15.6. The first-order valence-corrected chi connectivity index (χ1v) is 6.65. The summed E-state index contributed by atoms with van der Waals surface area (Å²) >= 11 is 11.0. The Morgan fingerprint density at radius 1 is 0.905 bits per heavy atom. The van der Waals surface area contributed by atoms with Crippen molar-refractivity contribution in [1.29, 1.82) is 0 Å². The average molecular weight is 331 g/mol. The Morgan fingerprint density at radius 3 is 2.05 bits per heavy atom. The van der Waals surface area contributed by atoms with E-state index in [1.165, 1.54) is 18.2 Å². The maximum atomic E-state index is 12.9. The molecule has 0 fully saturated rings. The molecule has 110 valence electrons. The summed E-state index contributed by atoms with van der Waals surface area (Å²) in [6.07, 6.45) is -4.45. The summed E-state index contributed by atoms with van der Waals surface area (Å²) < 4.78 is 38.6. The lowest BCUT2D eigenvalue weighted by Gasteiger charge is -2.16. The lowest BCUT2D eigenvalue weighted by Crippen LogP contribution is -2.21. The van der Waals surface area contributed by atoms with E-state index >= 15 is 0 Å². The Bertz CT molecular complexity index is 659. The van der Waals surface area contributed by atoms with Crippen LogP contribution in [0, 0.1) is 0 Å². The van der Waals surface area contributed by atoms with Crippen molar-refractivity contribution in [3.05, 3.63) is 59.1 Å². The van der Waals surface area contributed by atoms with Gasteiger partial charge < -0.3 is 10.6 Å². The van der Waals surface area contributed by atoms with Crippen LogP contribution in [0.2, 0.25) is 5.02 Å². The van der Waals surface area contributed by atoms with Gasteiger partial charge in [0.15, 0.2) is 5.11 Å². The fourth-order valence-electron chi connectivity index (χ4n) is 1.68. The number of rotatable bonds is 2. The molecule has 2 rings (SSSR count). The molecule has 0 spiro atoms. The SMILES string of the molecule is FC(F)(F)c1ccccc1NC(=S)Nc1ccccc1Cl. The zero-order valence-electron chi connectivity index (χ0n) is 10.5. The number of nitrogens with one attached hydrogen (secondary N) is 2. The third-order valence-electron chi connectivity index (χ3n) is 2.60. The number of anilines is 2. The second kappa shape index (κ2) is 6.32. The van der Waals surface area contributed by atoms with Crippen molar-refractivity contribution in [3.8, 4) is 0 Å².